The molecule has 1 amide bonds. The SMILES string of the molecule is Cc1coc2ccc(C(=O)NC3CN4CC[C@@H]3C4)cc12. The van der Waals surface area contributed by atoms with E-state index in [-0.39, 0.29) is 5.91 Å². The molecule has 1 N–H and O–H groups in total. The van der Waals surface area contributed by atoms with Crippen LogP contribution in [0.2, 0.25) is 0 Å². The summed E-state index contributed by atoms with van der Waals surface area (Å²) in [5, 5.41) is 4.21. The van der Waals surface area contributed by atoms with Gasteiger partial charge in [-0.3, -0.25) is 4.79 Å². The van der Waals surface area contributed by atoms with Crippen molar-refractivity contribution < 1.29 is 9.21 Å². The summed E-state index contributed by atoms with van der Waals surface area (Å²) < 4.78 is 5.42. The average molecular weight is 270 g/mol. The molecule has 3 heterocycles. The smallest absolute Gasteiger partial charge is 0.251 e. The molecule has 4 heteroatoms. The molecule has 0 radical (unpaired) electrons. The van der Waals surface area contributed by atoms with Crippen molar-refractivity contribution in [3.05, 3.63) is 35.6 Å². The van der Waals surface area contributed by atoms with Crippen LogP contribution in [0.5, 0.6) is 0 Å². The van der Waals surface area contributed by atoms with Crippen LogP contribution in [0, 0.1) is 12.8 Å². The summed E-state index contributed by atoms with van der Waals surface area (Å²) >= 11 is 0. The second-order valence-electron chi connectivity index (χ2n) is 6.02. The molecule has 104 valence electrons. The van der Waals surface area contributed by atoms with Gasteiger partial charge in [-0.05, 0) is 49.6 Å². The molecule has 0 aliphatic carbocycles. The Balaban J connectivity index is 1.56. The molecule has 2 saturated heterocycles. The van der Waals surface area contributed by atoms with E-state index in [0.29, 0.717) is 12.0 Å². The molecule has 2 aliphatic rings. The highest BCUT2D eigenvalue weighted by atomic mass is 16.3. The molecule has 2 fully saturated rings. The lowest BCUT2D eigenvalue weighted by atomic mass is 9.99. The number of aryl methyl sites for hydroxylation is 1. The van der Waals surface area contributed by atoms with E-state index in [4.69, 9.17) is 4.42 Å². The van der Waals surface area contributed by atoms with Crippen molar-refractivity contribution in [2.75, 3.05) is 19.6 Å². The molecule has 1 aromatic carbocycles. The number of amides is 1. The first-order valence-electron chi connectivity index (χ1n) is 7.22. The summed E-state index contributed by atoms with van der Waals surface area (Å²) in [6, 6.07) is 5.96. The van der Waals surface area contributed by atoms with Crippen LogP contribution in [0.3, 0.4) is 0 Å². The normalized spacial score (nSPS) is 28.1. The third-order valence-corrected chi connectivity index (χ3v) is 4.68. The molecule has 3 atom stereocenters. The quantitative estimate of drug-likeness (QED) is 0.909. The highest BCUT2D eigenvalue weighted by molar-refractivity contribution is 5.98. The van der Waals surface area contributed by atoms with Gasteiger partial charge in [0.05, 0.1) is 6.26 Å². The van der Waals surface area contributed by atoms with E-state index >= 15 is 0 Å². The molecular formula is C16H18N2O2. The van der Waals surface area contributed by atoms with Gasteiger partial charge in [0.15, 0.2) is 0 Å². The second kappa shape index (κ2) is 4.35. The fraction of sp³-hybridized carbons (Fsp3) is 0.438. The number of rotatable bonds is 2. The summed E-state index contributed by atoms with van der Waals surface area (Å²) in [5.74, 6) is 0.671. The van der Waals surface area contributed by atoms with Gasteiger partial charge in [0.25, 0.3) is 5.91 Å². The van der Waals surface area contributed by atoms with Crippen LogP contribution in [-0.2, 0) is 0 Å². The third kappa shape index (κ3) is 1.83. The molecule has 2 aromatic rings. The van der Waals surface area contributed by atoms with Crippen LogP contribution in [0.1, 0.15) is 22.3 Å². The van der Waals surface area contributed by atoms with Crippen molar-refractivity contribution in [3.8, 4) is 0 Å². The summed E-state index contributed by atoms with van der Waals surface area (Å²) in [7, 11) is 0. The first kappa shape index (κ1) is 12.0. The van der Waals surface area contributed by atoms with Gasteiger partial charge in [0.1, 0.15) is 5.58 Å². The van der Waals surface area contributed by atoms with Crippen molar-refractivity contribution in [2.45, 2.75) is 19.4 Å². The Morgan fingerprint density at radius 2 is 2.30 bits per heavy atom. The third-order valence-electron chi connectivity index (χ3n) is 4.68. The lowest BCUT2D eigenvalue weighted by molar-refractivity contribution is 0.0924. The number of benzene rings is 1. The summed E-state index contributed by atoms with van der Waals surface area (Å²) in [5.41, 5.74) is 2.63. The van der Waals surface area contributed by atoms with Crippen LogP contribution in [0.15, 0.2) is 28.9 Å². The maximum absolute atomic E-state index is 12.4. The lowest BCUT2D eigenvalue weighted by Gasteiger charge is -2.23. The summed E-state index contributed by atoms with van der Waals surface area (Å²) in [4.78, 5) is 14.8. The highest BCUT2D eigenvalue weighted by Gasteiger charge is 2.38. The largest absolute Gasteiger partial charge is 0.464 e. The average Bonchev–Trinajstić information content (AvgIpc) is 3.15. The van der Waals surface area contributed by atoms with Gasteiger partial charge >= 0.3 is 0 Å². The molecule has 0 spiro atoms. The molecule has 2 aliphatic heterocycles. The highest BCUT2D eigenvalue weighted by Crippen LogP contribution is 2.28. The number of carbonyl (C=O) groups excluding carboxylic acids is 1. The molecule has 2 unspecified atom stereocenters. The standard InChI is InChI=1S/C16H18N2O2/c1-10-9-20-15-3-2-11(6-13(10)15)16(19)17-14-8-18-5-4-12(14)7-18/h2-3,6,9,12,14H,4-5,7-8H2,1H3,(H,17,19)/t12-,14?/m1/s1. The number of hydrogen-bond donors (Lipinski definition) is 1. The topological polar surface area (TPSA) is 45.5 Å². The zero-order chi connectivity index (χ0) is 13.7. The Hall–Kier alpha value is -1.81. The maximum Gasteiger partial charge on any atom is 0.251 e. The van der Waals surface area contributed by atoms with E-state index in [0.717, 1.165) is 35.2 Å². The first-order valence-corrected chi connectivity index (χ1v) is 7.22. The predicted molar refractivity (Wildman–Crippen MR) is 76.8 cm³/mol. The van der Waals surface area contributed by atoms with Crippen molar-refractivity contribution in [1.82, 2.24) is 10.2 Å². The number of nitrogens with zero attached hydrogens (tertiary/aromatic N) is 1. The van der Waals surface area contributed by atoms with E-state index in [2.05, 4.69) is 10.2 Å². The van der Waals surface area contributed by atoms with Crippen LogP contribution >= 0.6 is 0 Å². The molecule has 4 rings (SSSR count). The first-order chi connectivity index (χ1) is 9.70. The Morgan fingerprint density at radius 3 is 3.05 bits per heavy atom. The molecule has 2 bridgehead atoms. The van der Waals surface area contributed by atoms with Crippen LogP contribution in [0.4, 0.5) is 0 Å². The molecule has 20 heavy (non-hydrogen) atoms. The van der Waals surface area contributed by atoms with Gasteiger partial charge in [0.2, 0.25) is 0 Å². The van der Waals surface area contributed by atoms with Gasteiger partial charge in [0, 0.05) is 30.1 Å². The second-order valence-corrected chi connectivity index (χ2v) is 6.02. The zero-order valence-electron chi connectivity index (χ0n) is 11.6. The molecule has 0 saturated carbocycles. The number of fused-ring (bicyclic) bond motifs is 3. The number of piperidine rings is 1. The minimum atomic E-state index is 0.0336. The van der Waals surface area contributed by atoms with E-state index in [9.17, 15) is 4.79 Å². The van der Waals surface area contributed by atoms with Crippen molar-refractivity contribution in [2.24, 2.45) is 5.92 Å². The van der Waals surface area contributed by atoms with Crippen molar-refractivity contribution >= 4 is 16.9 Å². The molecule has 1 aromatic heterocycles. The number of carbonyl (C=O) groups is 1. The zero-order valence-corrected chi connectivity index (χ0v) is 11.6. The number of furan rings is 1. The van der Waals surface area contributed by atoms with Gasteiger partial charge in [-0.25, -0.2) is 0 Å². The number of hydrogen-bond acceptors (Lipinski definition) is 3. The minimum Gasteiger partial charge on any atom is -0.464 e. The van der Waals surface area contributed by atoms with E-state index in [1.165, 1.54) is 13.0 Å². The van der Waals surface area contributed by atoms with E-state index < -0.39 is 0 Å². The number of nitrogens with one attached hydrogen (secondary N) is 1. The summed E-state index contributed by atoms with van der Waals surface area (Å²) in [6.07, 6.45) is 2.94. The Kier molecular flexibility index (Phi) is 2.60. The maximum atomic E-state index is 12.4. The lowest BCUT2D eigenvalue weighted by Crippen LogP contribution is -2.43. The Bertz CT molecular complexity index is 676. The fourth-order valence-electron chi connectivity index (χ4n) is 3.50. The Morgan fingerprint density at radius 1 is 1.40 bits per heavy atom. The predicted octanol–water partition coefficient (Wildman–Crippen LogP) is 2.18. The van der Waals surface area contributed by atoms with Gasteiger partial charge < -0.3 is 14.6 Å². The van der Waals surface area contributed by atoms with Crippen LogP contribution in [0.25, 0.3) is 11.0 Å². The van der Waals surface area contributed by atoms with Crippen molar-refractivity contribution in [1.29, 1.82) is 0 Å². The summed E-state index contributed by atoms with van der Waals surface area (Å²) in [6.45, 7) is 5.34. The van der Waals surface area contributed by atoms with Gasteiger partial charge in [-0.1, -0.05) is 0 Å². The van der Waals surface area contributed by atoms with Gasteiger partial charge in [-0.15, -0.1) is 0 Å². The van der Waals surface area contributed by atoms with E-state index in [1.54, 1.807) is 6.26 Å². The van der Waals surface area contributed by atoms with Crippen LogP contribution in [-0.4, -0.2) is 36.5 Å². The fourth-order valence-corrected chi connectivity index (χ4v) is 3.50. The minimum absolute atomic E-state index is 0.0336. The Labute approximate surface area is 117 Å². The van der Waals surface area contributed by atoms with Crippen LogP contribution < -0.4 is 5.32 Å². The molecule has 4 nitrogen and oxygen atoms in total. The monoisotopic (exact) mass is 270 g/mol. The molecular weight excluding hydrogens is 252 g/mol. The van der Waals surface area contributed by atoms with Gasteiger partial charge in [-0.2, -0.15) is 0 Å². The van der Waals surface area contributed by atoms with Crippen molar-refractivity contribution in [3.63, 3.8) is 0 Å². The van der Waals surface area contributed by atoms with E-state index in [1.807, 2.05) is 25.1 Å².